The molecule has 1 aromatic carbocycles. The van der Waals surface area contributed by atoms with Gasteiger partial charge in [0.15, 0.2) is 0 Å². The molecular formula is C14H18BrFO. The monoisotopic (exact) mass is 300 g/mol. The number of hydrogen-bond donors (Lipinski definition) is 1. The molecule has 1 N–H and O–H groups in total. The van der Waals surface area contributed by atoms with Crippen LogP contribution in [0.2, 0.25) is 0 Å². The van der Waals surface area contributed by atoms with Crippen LogP contribution in [0.5, 0.6) is 0 Å². The van der Waals surface area contributed by atoms with Gasteiger partial charge in [0.1, 0.15) is 5.82 Å². The van der Waals surface area contributed by atoms with Crippen LogP contribution in [0, 0.1) is 11.7 Å². The molecule has 0 aromatic heterocycles. The Morgan fingerprint density at radius 2 is 2.00 bits per heavy atom. The van der Waals surface area contributed by atoms with Crippen molar-refractivity contribution in [3.8, 4) is 0 Å². The van der Waals surface area contributed by atoms with Gasteiger partial charge in [-0.15, -0.1) is 0 Å². The lowest BCUT2D eigenvalue weighted by Crippen LogP contribution is -2.25. The fraction of sp³-hybridized carbons (Fsp3) is 0.571. The molecule has 1 fully saturated rings. The Morgan fingerprint density at radius 3 is 2.65 bits per heavy atom. The van der Waals surface area contributed by atoms with Crippen molar-refractivity contribution < 1.29 is 9.50 Å². The first-order chi connectivity index (χ1) is 8.16. The van der Waals surface area contributed by atoms with Gasteiger partial charge >= 0.3 is 0 Å². The predicted molar refractivity (Wildman–Crippen MR) is 70.4 cm³/mol. The lowest BCUT2D eigenvalue weighted by atomic mass is 9.83. The van der Waals surface area contributed by atoms with Gasteiger partial charge < -0.3 is 5.11 Å². The molecule has 0 amide bonds. The molecule has 2 rings (SSSR count). The van der Waals surface area contributed by atoms with E-state index in [0.29, 0.717) is 12.3 Å². The van der Waals surface area contributed by atoms with Crippen molar-refractivity contribution in [1.82, 2.24) is 0 Å². The van der Waals surface area contributed by atoms with E-state index in [4.69, 9.17) is 0 Å². The number of benzene rings is 1. The van der Waals surface area contributed by atoms with E-state index >= 15 is 0 Å². The topological polar surface area (TPSA) is 20.2 Å². The summed E-state index contributed by atoms with van der Waals surface area (Å²) in [6.07, 6.45) is 6.32. The quantitative estimate of drug-likeness (QED) is 0.892. The largest absolute Gasteiger partial charge is 0.392 e. The third kappa shape index (κ3) is 3.52. The molecule has 1 aliphatic rings. The first kappa shape index (κ1) is 13.0. The van der Waals surface area contributed by atoms with Crippen LogP contribution in [0.3, 0.4) is 0 Å². The third-order valence-electron chi connectivity index (χ3n) is 3.64. The minimum atomic E-state index is -0.294. The first-order valence-corrected chi connectivity index (χ1v) is 7.08. The Balaban J connectivity index is 1.99. The van der Waals surface area contributed by atoms with Gasteiger partial charge in [0, 0.05) is 4.47 Å². The second kappa shape index (κ2) is 5.96. The predicted octanol–water partition coefficient (Wildman–Crippen LogP) is 4.07. The van der Waals surface area contributed by atoms with E-state index in [1.165, 1.54) is 31.4 Å². The van der Waals surface area contributed by atoms with E-state index in [1.807, 2.05) is 0 Å². The van der Waals surface area contributed by atoms with Crippen molar-refractivity contribution in [3.63, 3.8) is 0 Å². The van der Waals surface area contributed by atoms with Crippen molar-refractivity contribution in [2.75, 3.05) is 0 Å². The summed E-state index contributed by atoms with van der Waals surface area (Å²) in [5.41, 5.74) is 0.990. The summed E-state index contributed by atoms with van der Waals surface area (Å²) in [5.74, 6) is 0.175. The molecule has 0 spiro atoms. The van der Waals surface area contributed by atoms with E-state index in [0.717, 1.165) is 22.9 Å². The smallest absolute Gasteiger partial charge is 0.124 e. The Bertz CT molecular complexity index is 374. The maximum atomic E-state index is 12.9. The molecule has 1 nitrogen and oxygen atoms in total. The van der Waals surface area contributed by atoms with Gasteiger partial charge in [0.25, 0.3) is 0 Å². The highest BCUT2D eigenvalue weighted by Crippen LogP contribution is 2.29. The summed E-state index contributed by atoms with van der Waals surface area (Å²) in [4.78, 5) is 0. The summed E-state index contributed by atoms with van der Waals surface area (Å²) in [7, 11) is 0. The number of aliphatic hydroxyl groups is 1. The van der Waals surface area contributed by atoms with Gasteiger partial charge in [-0.05, 0) is 42.9 Å². The molecule has 94 valence electrons. The van der Waals surface area contributed by atoms with Gasteiger partial charge in [0.2, 0.25) is 0 Å². The summed E-state index contributed by atoms with van der Waals surface area (Å²) < 4.78 is 13.7. The minimum Gasteiger partial charge on any atom is -0.392 e. The van der Waals surface area contributed by atoms with Crippen molar-refractivity contribution in [1.29, 1.82) is 0 Å². The van der Waals surface area contributed by atoms with E-state index in [2.05, 4.69) is 15.9 Å². The normalized spacial score (nSPS) is 19.2. The fourth-order valence-corrected chi connectivity index (χ4v) is 3.11. The number of aliphatic hydroxyl groups excluding tert-OH is 1. The van der Waals surface area contributed by atoms with Crippen LogP contribution in [0.25, 0.3) is 0 Å². The zero-order chi connectivity index (χ0) is 12.3. The number of rotatable bonds is 3. The molecule has 1 unspecified atom stereocenters. The molecular weight excluding hydrogens is 283 g/mol. The molecule has 0 aliphatic heterocycles. The molecule has 1 aliphatic carbocycles. The molecule has 1 atom stereocenters. The van der Waals surface area contributed by atoms with Crippen molar-refractivity contribution in [3.05, 3.63) is 34.1 Å². The van der Waals surface area contributed by atoms with E-state index in [9.17, 15) is 9.50 Å². The molecule has 0 radical (unpaired) electrons. The first-order valence-electron chi connectivity index (χ1n) is 6.29. The maximum Gasteiger partial charge on any atom is 0.124 e. The number of hydrogen-bond acceptors (Lipinski definition) is 1. The van der Waals surface area contributed by atoms with Crippen LogP contribution in [0.4, 0.5) is 4.39 Å². The van der Waals surface area contributed by atoms with Crippen molar-refractivity contribution in [2.45, 2.75) is 44.6 Å². The molecule has 1 aromatic rings. The van der Waals surface area contributed by atoms with Crippen LogP contribution in [-0.4, -0.2) is 11.2 Å². The Hall–Kier alpha value is -0.410. The van der Waals surface area contributed by atoms with Gasteiger partial charge in [-0.3, -0.25) is 0 Å². The Kier molecular flexibility index (Phi) is 4.57. The van der Waals surface area contributed by atoms with Gasteiger partial charge in [-0.2, -0.15) is 0 Å². The van der Waals surface area contributed by atoms with E-state index in [1.54, 1.807) is 6.07 Å². The number of halogens is 2. The molecule has 3 heteroatoms. The zero-order valence-corrected chi connectivity index (χ0v) is 11.4. The maximum absolute atomic E-state index is 12.9. The minimum absolute atomic E-state index is 0.243. The fourth-order valence-electron chi connectivity index (χ4n) is 2.60. The Morgan fingerprint density at radius 1 is 1.29 bits per heavy atom. The SMILES string of the molecule is OC(Cc1ccc(F)cc1Br)C1CCCCC1. The average molecular weight is 301 g/mol. The third-order valence-corrected chi connectivity index (χ3v) is 4.38. The molecule has 0 bridgehead atoms. The lowest BCUT2D eigenvalue weighted by Gasteiger charge is -2.26. The highest BCUT2D eigenvalue weighted by atomic mass is 79.9. The highest BCUT2D eigenvalue weighted by Gasteiger charge is 2.22. The van der Waals surface area contributed by atoms with Crippen LogP contribution in [-0.2, 0) is 6.42 Å². The van der Waals surface area contributed by atoms with E-state index in [-0.39, 0.29) is 11.9 Å². The highest BCUT2D eigenvalue weighted by molar-refractivity contribution is 9.10. The second-order valence-electron chi connectivity index (χ2n) is 4.91. The summed E-state index contributed by atoms with van der Waals surface area (Å²) in [6, 6.07) is 4.67. The molecule has 17 heavy (non-hydrogen) atoms. The van der Waals surface area contributed by atoms with Gasteiger partial charge in [0.05, 0.1) is 6.10 Å². The Labute approximate surface area is 110 Å². The van der Waals surface area contributed by atoms with Gasteiger partial charge in [-0.25, -0.2) is 4.39 Å². The van der Waals surface area contributed by atoms with Gasteiger partial charge in [-0.1, -0.05) is 41.3 Å². The summed E-state index contributed by atoms with van der Waals surface area (Å²) in [6.45, 7) is 0. The summed E-state index contributed by atoms with van der Waals surface area (Å²) in [5, 5.41) is 10.2. The van der Waals surface area contributed by atoms with E-state index < -0.39 is 0 Å². The summed E-state index contributed by atoms with van der Waals surface area (Å²) >= 11 is 3.35. The lowest BCUT2D eigenvalue weighted by molar-refractivity contribution is 0.0849. The average Bonchev–Trinajstić information content (AvgIpc) is 2.34. The molecule has 0 heterocycles. The van der Waals surface area contributed by atoms with Crippen LogP contribution >= 0.6 is 15.9 Å². The van der Waals surface area contributed by atoms with Crippen LogP contribution in [0.1, 0.15) is 37.7 Å². The standard InChI is InChI=1S/C14H18BrFO/c15-13-9-12(16)7-6-11(13)8-14(17)10-4-2-1-3-5-10/h6-7,9-10,14,17H,1-5,8H2. The van der Waals surface area contributed by atoms with Crippen molar-refractivity contribution in [2.24, 2.45) is 5.92 Å². The molecule has 0 saturated heterocycles. The van der Waals surface area contributed by atoms with Crippen molar-refractivity contribution >= 4 is 15.9 Å². The molecule has 1 saturated carbocycles. The van der Waals surface area contributed by atoms with Crippen LogP contribution in [0.15, 0.2) is 22.7 Å². The zero-order valence-electron chi connectivity index (χ0n) is 9.83. The second-order valence-corrected chi connectivity index (χ2v) is 5.76. The van der Waals surface area contributed by atoms with Crippen LogP contribution < -0.4 is 0 Å².